The summed E-state index contributed by atoms with van der Waals surface area (Å²) >= 11 is 0. The van der Waals surface area contributed by atoms with Gasteiger partial charge in [0, 0.05) is 6.61 Å². The summed E-state index contributed by atoms with van der Waals surface area (Å²) in [4.78, 5) is 0. The maximum atomic E-state index is 5.63. The van der Waals surface area contributed by atoms with Crippen LogP contribution in [-0.4, -0.2) is 13.2 Å². The van der Waals surface area contributed by atoms with Gasteiger partial charge < -0.3 is 4.74 Å². The van der Waals surface area contributed by atoms with Crippen molar-refractivity contribution in [2.75, 3.05) is 13.2 Å². The first-order chi connectivity index (χ1) is 12.8. The molecule has 0 N–H and O–H groups in total. The molecule has 1 aliphatic carbocycles. The minimum absolute atomic E-state index is 0.695. The molecular weight excluding hydrogens is 316 g/mol. The van der Waals surface area contributed by atoms with E-state index in [9.17, 15) is 0 Å². The van der Waals surface area contributed by atoms with Crippen molar-refractivity contribution in [2.24, 2.45) is 5.92 Å². The molecule has 1 aliphatic rings. The van der Waals surface area contributed by atoms with Crippen molar-refractivity contribution in [1.82, 2.24) is 0 Å². The lowest BCUT2D eigenvalue weighted by molar-refractivity contribution is 0.102. The van der Waals surface area contributed by atoms with E-state index in [1.165, 1.54) is 82.6 Å². The summed E-state index contributed by atoms with van der Waals surface area (Å²) in [5.74, 6) is 1.51. The molecule has 0 aliphatic heterocycles. The number of benzene rings is 1. The Hall–Kier alpha value is -1.08. The molecule has 0 spiro atoms. The van der Waals surface area contributed by atoms with Crippen LogP contribution in [0.4, 0.5) is 0 Å². The topological polar surface area (TPSA) is 9.23 Å². The Balaban J connectivity index is 1.62. The van der Waals surface area contributed by atoms with E-state index in [2.05, 4.69) is 37.8 Å². The monoisotopic (exact) mass is 356 g/mol. The van der Waals surface area contributed by atoms with Crippen molar-refractivity contribution in [3.8, 4) is 0 Å². The van der Waals surface area contributed by atoms with Crippen molar-refractivity contribution in [1.29, 1.82) is 0 Å². The highest BCUT2D eigenvalue weighted by molar-refractivity contribution is 5.26. The standard InChI is InChI=1S/C25H40O/c1-3-5-6-7-8-9-10-11-22-12-16-24(17-13-22)25-18-14-23(15-19-25)21-26-20-4-2/h4,12-13,16-17,23,25H,2-3,5-11,14-15,18-21H2,1H3/t23-,25-. The van der Waals surface area contributed by atoms with Gasteiger partial charge in [-0.25, -0.2) is 0 Å². The van der Waals surface area contributed by atoms with E-state index in [4.69, 9.17) is 4.74 Å². The number of hydrogen-bond donors (Lipinski definition) is 0. The third-order valence-electron chi connectivity index (χ3n) is 5.96. The molecule has 0 amide bonds. The summed E-state index contributed by atoms with van der Waals surface area (Å²) in [6.07, 6.45) is 18.1. The Bertz CT molecular complexity index is 467. The van der Waals surface area contributed by atoms with E-state index >= 15 is 0 Å². The zero-order chi connectivity index (χ0) is 18.5. The van der Waals surface area contributed by atoms with Gasteiger partial charge in [-0.15, -0.1) is 6.58 Å². The maximum absolute atomic E-state index is 5.63. The van der Waals surface area contributed by atoms with Crippen LogP contribution in [0.1, 0.15) is 94.6 Å². The van der Waals surface area contributed by atoms with Gasteiger partial charge >= 0.3 is 0 Å². The van der Waals surface area contributed by atoms with Gasteiger partial charge in [0.2, 0.25) is 0 Å². The first-order valence-corrected chi connectivity index (χ1v) is 11.1. The second-order valence-corrected chi connectivity index (χ2v) is 8.16. The van der Waals surface area contributed by atoms with Crippen LogP contribution in [0.3, 0.4) is 0 Å². The second kappa shape index (κ2) is 13.1. The van der Waals surface area contributed by atoms with E-state index in [0.717, 1.165) is 18.4 Å². The Morgan fingerprint density at radius 3 is 2.23 bits per heavy atom. The number of unbranched alkanes of at least 4 members (excludes halogenated alkanes) is 6. The van der Waals surface area contributed by atoms with Gasteiger partial charge in [-0.05, 0) is 61.5 Å². The van der Waals surface area contributed by atoms with Gasteiger partial charge in [-0.2, -0.15) is 0 Å². The SMILES string of the molecule is C=CCOC[C@H]1CC[C@H](c2ccc(CCCCCCCCC)cc2)CC1. The van der Waals surface area contributed by atoms with E-state index in [1.54, 1.807) is 5.56 Å². The second-order valence-electron chi connectivity index (χ2n) is 8.16. The predicted octanol–water partition coefficient (Wildman–Crippen LogP) is 7.46. The highest BCUT2D eigenvalue weighted by Crippen LogP contribution is 2.36. The highest BCUT2D eigenvalue weighted by atomic mass is 16.5. The minimum Gasteiger partial charge on any atom is -0.377 e. The van der Waals surface area contributed by atoms with Gasteiger partial charge in [0.05, 0.1) is 6.61 Å². The van der Waals surface area contributed by atoms with Crippen molar-refractivity contribution in [3.05, 3.63) is 48.0 Å². The molecule has 26 heavy (non-hydrogen) atoms. The molecule has 0 atom stereocenters. The lowest BCUT2D eigenvalue weighted by Crippen LogP contribution is -2.18. The molecular formula is C25H40O. The van der Waals surface area contributed by atoms with E-state index in [1.807, 2.05) is 6.08 Å². The van der Waals surface area contributed by atoms with Gasteiger partial charge in [-0.1, -0.05) is 75.8 Å². The fraction of sp³-hybridized carbons (Fsp3) is 0.680. The number of hydrogen-bond acceptors (Lipinski definition) is 1. The predicted molar refractivity (Wildman–Crippen MR) is 114 cm³/mol. The van der Waals surface area contributed by atoms with Gasteiger partial charge in [-0.3, -0.25) is 0 Å². The van der Waals surface area contributed by atoms with Crippen LogP contribution in [0.25, 0.3) is 0 Å². The molecule has 0 aromatic heterocycles. The summed E-state index contributed by atoms with van der Waals surface area (Å²) in [6, 6.07) is 9.56. The Labute approximate surface area is 162 Å². The van der Waals surface area contributed by atoms with Crippen molar-refractivity contribution < 1.29 is 4.74 Å². The minimum atomic E-state index is 0.695. The Morgan fingerprint density at radius 1 is 0.923 bits per heavy atom. The molecule has 1 aromatic rings. The van der Waals surface area contributed by atoms with Crippen molar-refractivity contribution in [3.63, 3.8) is 0 Å². The molecule has 0 radical (unpaired) electrons. The Kier molecular flexibility index (Phi) is 10.7. The third kappa shape index (κ3) is 8.08. The maximum Gasteiger partial charge on any atom is 0.0644 e. The smallest absolute Gasteiger partial charge is 0.0644 e. The largest absolute Gasteiger partial charge is 0.377 e. The number of aryl methyl sites for hydroxylation is 1. The van der Waals surface area contributed by atoms with E-state index in [0.29, 0.717) is 6.61 Å². The van der Waals surface area contributed by atoms with Crippen LogP contribution in [0, 0.1) is 5.92 Å². The lowest BCUT2D eigenvalue weighted by atomic mass is 9.79. The highest BCUT2D eigenvalue weighted by Gasteiger charge is 2.22. The number of ether oxygens (including phenoxy) is 1. The number of rotatable bonds is 13. The fourth-order valence-corrected chi connectivity index (χ4v) is 4.22. The molecule has 2 rings (SSSR count). The normalized spacial score (nSPS) is 20.2. The van der Waals surface area contributed by atoms with Gasteiger partial charge in [0.1, 0.15) is 0 Å². The summed E-state index contributed by atoms with van der Waals surface area (Å²) < 4.78 is 5.63. The molecule has 1 fully saturated rings. The fourth-order valence-electron chi connectivity index (χ4n) is 4.22. The zero-order valence-corrected chi connectivity index (χ0v) is 17.1. The van der Waals surface area contributed by atoms with Crippen molar-refractivity contribution >= 4 is 0 Å². The molecule has 0 heterocycles. The first kappa shape index (κ1) is 21.2. The molecule has 146 valence electrons. The van der Waals surface area contributed by atoms with Crippen LogP contribution in [0.2, 0.25) is 0 Å². The Morgan fingerprint density at radius 2 is 1.58 bits per heavy atom. The molecule has 0 saturated heterocycles. The van der Waals surface area contributed by atoms with E-state index in [-0.39, 0.29) is 0 Å². The van der Waals surface area contributed by atoms with Gasteiger partial charge in [0.25, 0.3) is 0 Å². The summed E-state index contributed by atoms with van der Waals surface area (Å²) in [6.45, 7) is 7.61. The molecule has 1 aromatic carbocycles. The molecule has 0 bridgehead atoms. The third-order valence-corrected chi connectivity index (χ3v) is 5.96. The van der Waals surface area contributed by atoms with Gasteiger partial charge in [0.15, 0.2) is 0 Å². The zero-order valence-electron chi connectivity index (χ0n) is 17.1. The van der Waals surface area contributed by atoms with Crippen LogP contribution in [0.15, 0.2) is 36.9 Å². The molecule has 1 saturated carbocycles. The van der Waals surface area contributed by atoms with Crippen molar-refractivity contribution in [2.45, 2.75) is 89.9 Å². The van der Waals surface area contributed by atoms with E-state index < -0.39 is 0 Å². The summed E-state index contributed by atoms with van der Waals surface area (Å²) in [7, 11) is 0. The summed E-state index contributed by atoms with van der Waals surface area (Å²) in [5, 5.41) is 0. The lowest BCUT2D eigenvalue weighted by Gasteiger charge is -2.28. The van der Waals surface area contributed by atoms with Crippen LogP contribution >= 0.6 is 0 Å². The summed E-state index contributed by atoms with van der Waals surface area (Å²) in [5.41, 5.74) is 3.08. The average molecular weight is 357 g/mol. The molecule has 0 unspecified atom stereocenters. The molecule has 1 nitrogen and oxygen atoms in total. The van der Waals surface area contributed by atoms with Crippen LogP contribution in [0.5, 0.6) is 0 Å². The average Bonchev–Trinajstić information content (AvgIpc) is 2.69. The quantitative estimate of drug-likeness (QED) is 0.263. The van der Waals surface area contributed by atoms with Crippen LogP contribution < -0.4 is 0 Å². The van der Waals surface area contributed by atoms with Crippen LogP contribution in [-0.2, 0) is 11.2 Å². The first-order valence-electron chi connectivity index (χ1n) is 11.1. The molecule has 1 heteroatoms.